The van der Waals surface area contributed by atoms with Crippen molar-refractivity contribution in [2.75, 3.05) is 6.61 Å². The number of nitrogens with one attached hydrogen (secondary N) is 1. The summed E-state index contributed by atoms with van der Waals surface area (Å²) in [7, 11) is 0. The largest absolute Gasteiger partial charge is 0.396 e. The van der Waals surface area contributed by atoms with Crippen LogP contribution in [0.15, 0.2) is 11.6 Å². The summed E-state index contributed by atoms with van der Waals surface area (Å²) < 4.78 is 0. The molecule has 17 heavy (non-hydrogen) atoms. The molecule has 0 aromatic heterocycles. The normalized spacial score (nSPS) is 19.0. The fraction of sp³-hybridized carbons (Fsp3) is 0.786. The van der Waals surface area contributed by atoms with Crippen LogP contribution in [0.2, 0.25) is 0 Å². The van der Waals surface area contributed by atoms with E-state index in [1.54, 1.807) is 6.08 Å². The monoisotopic (exact) mass is 239 g/mol. The van der Waals surface area contributed by atoms with E-state index in [0.29, 0.717) is 12.3 Å². The van der Waals surface area contributed by atoms with Crippen molar-refractivity contribution in [3.8, 4) is 0 Å². The molecule has 0 aliphatic heterocycles. The quantitative estimate of drug-likeness (QED) is 0.723. The molecule has 1 atom stereocenters. The maximum Gasteiger partial charge on any atom is 0.244 e. The molecule has 98 valence electrons. The fourth-order valence-electron chi connectivity index (χ4n) is 1.70. The summed E-state index contributed by atoms with van der Waals surface area (Å²) in [4.78, 5) is 11.8. The van der Waals surface area contributed by atoms with Crippen molar-refractivity contribution in [1.29, 1.82) is 0 Å². The highest BCUT2D eigenvalue weighted by Crippen LogP contribution is 2.34. The van der Waals surface area contributed by atoms with Crippen LogP contribution in [0, 0.1) is 11.3 Å². The predicted octanol–water partition coefficient (Wildman–Crippen LogP) is 2.26. The van der Waals surface area contributed by atoms with Crippen LogP contribution in [0.1, 0.15) is 47.0 Å². The molecular weight excluding hydrogens is 214 g/mol. The number of rotatable bonds is 5. The van der Waals surface area contributed by atoms with Crippen LogP contribution in [0.25, 0.3) is 0 Å². The van der Waals surface area contributed by atoms with Crippen molar-refractivity contribution in [3.05, 3.63) is 11.6 Å². The second-order valence-electron chi connectivity index (χ2n) is 6.04. The summed E-state index contributed by atoms with van der Waals surface area (Å²) in [5, 5.41) is 12.0. The van der Waals surface area contributed by atoms with E-state index in [4.69, 9.17) is 5.11 Å². The Kier molecular flexibility index (Phi) is 4.75. The zero-order chi connectivity index (χ0) is 13.1. The Hall–Kier alpha value is -0.830. The summed E-state index contributed by atoms with van der Waals surface area (Å²) in [5.74, 6) is 0.553. The van der Waals surface area contributed by atoms with Gasteiger partial charge in [-0.1, -0.05) is 26.3 Å². The Morgan fingerprint density at radius 2 is 2.06 bits per heavy atom. The van der Waals surface area contributed by atoms with Crippen LogP contribution in [0.5, 0.6) is 0 Å². The molecule has 1 aliphatic carbocycles. The predicted molar refractivity (Wildman–Crippen MR) is 69.6 cm³/mol. The van der Waals surface area contributed by atoms with Crippen molar-refractivity contribution < 1.29 is 9.90 Å². The van der Waals surface area contributed by atoms with Gasteiger partial charge in [-0.3, -0.25) is 4.79 Å². The van der Waals surface area contributed by atoms with E-state index in [1.807, 2.05) is 6.92 Å². The molecule has 0 bridgehead atoms. The summed E-state index contributed by atoms with van der Waals surface area (Å²) >= 11 is 0. The second kappa shape index (κ2) is 5.67. The number of aliphatic hydroxyl groups excluding tert-OH is 1. The first kappa shape index (κ1) is 14.2. The van der Waals surface area contributed by atoms with Gasteiger partial charge in [0.05, 0.1) is 0 Å². The molecule has 1 rings (SSSR count). The van der Waals surface area contributed by atoms with Gasteiger partial charge in [0.1, 0.15) is 0 Å². The van der Waals surface area contributed by atoms with Crippen LogP contribution in [-0.4, -0.2) is 23.7 Å². The lowest BCUT2D eigenvalue weighted by atomic mass is 9.87. The summed E-state index contributed by atoms with van der Waals surface area (Å²) in [6.07, 6.45) is 4.70. The topological polar surface area (TPSA) is 49.3 Å². The van der Waals surface area contributed by atoms with Gasteiger partial charge in [-0.15, -0.1) is 0 Å². The SMILES string of the molecule is CC(=CC(=O)NC(CCO)C1CC1)C(C)(C)C. The first-order valence-electron chi connectivity index (χ1n) is 6.44. The third-order valence-electron chi connectivity index (χ3n) is 3.49. The van der Waals surface area contributed by atoms with Crippen molar-refractivity contribution in [2.24, 2.45) is 11.3 Å². The van der Waals surface area contributed by atoms with Gasteiger partial charge in [-0.25, -0.2) is 0 Å². The number of hydrogen-bond donors (Lipinski definition) is 2. The van der Waals surface area contributed by atoms with E-state index in [9.17, 15) is 4.79 Å². The number of carbonyl (C=O) groups is 1. The van der Waals surface area contributed by atoms with E-state index in [0.717, 1.165) is 5.57 Å². The maximum atomic E-state index is 11.8. The number of allylic oxidation sites excluding steroid dienone is 1. The zero-order valence-electron chi connectivity index (χ0n) is 11.4. The number of carbonyl (C=O) groups excluding carboxylic acids is 1. The first-order valence-corrected chi connectivity index (χ1v) is 6.44. The second-order valence-corrected chi connectivity index (χ2v) is 6.04. The van der Waals surface area contributed by atoms with Crippen molar-refractivity contribution in [1.82, 2.24) is 5.32 Å². The van der Waals surface area contributed by atoms with Gasteiger partial charge in [0.15, 0.2) is 0 Å². The molecule has 2 N–H and O–H groups in total. The van der Waals surface area contributed by atoms with Gasteiger partial charge in [0, 0.05) is 18.7 Å². The lowest BCUT2D eigenvalue weighted by molar-refractivity contribution is -0.117. The smallest absolute Gasteiger partial charge is 0.244 e. The Labute approximate surface area is 104 Å². The van der Waals surface area contributed by atoms with Crippen LogP contribution in [0.4, 0.5) is 0 Å². The number of hydrogen-bond acceptors (Lipinski definition) is 2. The molecule has 3 nitrogen and oxygen atoms in total. The lowest BCUT2D eigenvalue weighted by Crippen LogP contribution is -2.36. The van der Waals surface area contributed by atoms with Gasteiger partial charge in [-0.2, -0.15) is 0 Å². The van der Waals surface area contributed by atoms with Crippen molar-refractivity contribution in [2.45, 2.75) is 53.0 Å². The molecule has 0 aromatic rings. The zero-order valence-corrected chi connectivity index (χ0v) is 11.4. The molecule has 1 fully saturated rings. The van der Waals surface area contributed by atoms with Crippen molar-refractivity contribution >= 4 is 5.91 Å². The average molecular weight is 239 g/mol. The molecule has 0 radical (unpaired) electrons. The van der Waals surface area contributed by atoms with E-state index in [2.05, 4.69) is 26.1 Å². The Balaban J connectivity index is 2.52. The van der Waals surface area contributed by atoms with Gasteiger partial charge < -0.3 is 10.4 Å². The van der Waals surface area contributed by atoms with Crippen LogP contribution >= 0.6 is 0 Å². The van der Waals surface area contributed by atoms with Crippen LogP contribution in [-0.2, 0) is 4.79 Å². The first-order chi connectivity index (χ1) is 7.84. The van der Waals surface area contributed by atoms with Gasteiger partial charge in [-0.05, 0) is 37.5 Å². The molecule has 1 aliphatic rings. The standard InChI is InChI=1S/C14H25NO2/c1-10(14(2,3)4)9-13(17)15-12(7-8-16)11-5-6-11/h9,11-12,16H,5-8H2,1-4H3,(H,15,17). The summed E-state index contributed by atoms with van der Waals surface area (Å²) in [6, 6.07) is 0.150. The van der Waals surface area contributed by atoms with E-state index >= 15 is 0 Å². The van der Waals surface area contributed by atoms with Gasteiger partial charge in [0.25, 0.3) is 0 Å². The molecular formula is C14H25NO2. The number of aliphatic hydroxyl groups is 1. The highest BCUT2D eigenvalue weighted by molar-refractivity contribution is 5.88. The molecule has 0 aromatic carbocycles. The maximum absolute atomic E-state index is 11.8. The average Bonchev–Trinajstić information content (AvgIpc) is 2.98. The molecule has 1 unspecified atom stereocenters. The van der Waals surface area contributed by atoms with Crippen LogP contribution in [0.3, 0.4) is 0 Å². The highest BCUT2D eigenvalue weighted by Gasteiger charge is 2.31. The molecule has 3 heteroatoms. The van der Waals surface area contributed by atoms with Gasteiger partial charge >= 0.3 is 0 Å². The fourth-order valence-corrected chi connectivity index (χ4v) is 1.70. The minimum Gasteiger partial charge on any atom is -0.396 e. The third kappa shape index (κ3) is 4.90. The molecule has 1 saturated carbocycles. The summed E-state index contributed by atoms with van der Waals surface area (Å²) in [6.45, 7) is 8.41. The molecule has 0 spiro atoms. The number of amides is 1. The molecule has 0 heterocycles. The summed E-state index contributed by atoms with van der Waals surface area (Å²) in [5.41, 5.74) is 1.11. The third-order valence-corrected chi connectivity index (χ3v) is 3.49. The van der Waals surface area contributed by atoms with Crippen molar-refractivity contribution in [3.63, 3.8) is 0 Å². The highest BCUT2D eigenvalue weighted by atomic mass is 16.3. The molecule has 1 amide bonds. The minimum atomic E-state index is -0.0252. The van der Waals surface area contributed by atoms with E-state index < -0.39 is 0 Å². The Morgan fingerprint density at radius 3 is 2.47 bits per heavy atom. The molecule has 0 saturated heterocycles. The van der Waals surface area contributed by atoms with Crippen LogP contribution < -0.4 is 5.32 Å². The van der Waals surface area contributed by atoms with E-state index in [-0.39, 0.29) is 24.0 Å². The van der Waals surface area contributed by atoms with Gasteiger partial charge in [0.2, 0.25) is 5.91 Å². The minimum absolute atomic E-state index is 0.0252. The Morgan fingerprint density at radius 1 is 1.47 bits per heavy atom. The lowest BCUT2D eigenvalue weighted by Gasteiger charge is -2.20. The van der Waals surface area contributed by atoms with E-state index in [1.165, 1.54) is 12.8 Å². The Bertz CT molecular complexity index is 298.